The summed E-state index contributed by atoms with van der Waals surface area (Å²) in [6, 6.07) is 12.3. The molecule has 0 aliphatic heterocycles. The Hall–Kier alpha value is -1.88. The minimum atomic E-state index is -0.737. The summed E-state index contributed by atoms with van der Waals surface area (Å²) in [5.74, 6) is -1.87. The van der Waals surface area contributed by atoms with Crippen molar-refractivity contribution in [3.05, 3.63) is 65.7 Å². The minimum absolute atomic E-state index is 0.0830. The molecule has 0 aromatic heterocycles. The second-order valence-electron chi connectivity index (χ2n) is 4.35. The average Bonchev–Trinajstić information content (AvgIpc) is 2.38. The van der Waals surface area contributed by atoms with Crippen molar-refractivity contribution in [3.8, 4) is 0 Å². The molecule has 0 saturated carbocycles. The Bertz CT molecular complexity index is 584. The molecule has 2 rings (SSSR count). The SMILES string of the molecule is O=C(Nc1cc(F)cc(F)c1)C(S)Cc1ccccc1. The third-order valence-corrected chi connectivity index (χ3v) is 3.12. The summed E-state index contributed by atoms with van der Waals surface area (Å²) in [5, 5.41) is 1.85. The van der Waals surface area contributed by atoms with Gasteiger partial charge < -0.3 is 5.32 Å². The molecule has 1 atom stereocenters. The molecule has 104 valence electrons. The lowest BCUT2D eigenvalue weighted by molar-refractivity contribution is -0.115. The van der Waals surface area contributed by atoms with Gasteiger partial charge >= 0.3 is 0 Å². The highest BCUT2D eigenvalue weighted by Crippen LogP contribution is 2.15. The van der Waals surface area contributed by atoms with E-state index in [1.54, 1.807) is 0 Å². The first-order chi connectivity index (χ1) is 9.54. The van der Waals surface area contributed by atoms with Crippen molar-refractivity contribution in [1.82, 2.24) is 0 Å². The van der Waals surface area contributed by atoms with Gasteiger partial charge in [-0.15, -0.1) is 0 Å². The molecule has 0 saturated heterocycles. The van der Waals surface area contributed by atoms with Gasteiger partial charge in [0.15, 0.2) is 0 Å². The Kier molecular flexibility index (Phi) is 4.74. The fourth-order valence-corrected chi connectivity index (χ4v) is 2.06. The molecule has 0 fully saturated rings. The van der Waals surface area contributed by atoms with Crippen molar-refractivity contribution in [1.29, 1.82) is 0 Å². The standard InChI is InChI=1S/C15H13F2NOS/c16-11-7-12(17)9-13(8-11)18-15(19)14(20)6-10-4-2-1-3-5-10/h1-5,7-9,14,20H,6H2,(H,18,19). The summed E-state index contributed by atoms with van der Waals surface area (Å²) >= 11 is 4.22. The number of carbonyl (C=O) groups excluding carboxylic acids is 1. The van der Waals surface area contributed by atoms with E-state index in [4.69, 9.17) is 0 Å². The highest BCUT2D eigenvalue weighted by Gasteiger charge is 2.15. The zero-order valence-corrected chi connectivity index (χ0v) is 11.4. The van der Waals surface area contributed by atoms with Gasteiger partial charge in [0, 0.05) is 11.8 Å². The van der Waals surface area contributed by atoms with Crippen LogP contribution >= 0.6 is 12.6 Å². The minimum Gasteiger partial charge on any atom is -0.325 e. The van der Waals surface area contributed by atoms with Crippen molar-refractivity contribution in [2.24, 2.45) is 0 Å². The Morgan fingerprint density at radius 3 is 2.30 bits per heavy atom. The number of nitrogens with one attached hydrogen (secondary N) is 1. The molecule has 5 heteroatoms. The quantitative estimate of drug-likeness (QED) is 0.831. The van der Waals surface area contributed by atoms with Crippen molar-refractivity contribution < 1.29 is 13.6 Å². The van der Waals surface area contributed by atoms with Crippen LogP contribution in [0.2, 0.25) is 0 Å². The summed E-state index contributed by atoms with van der Waals surface area (Å²) in [5.41, 5.74) is 1.05. The number of thiol groups is 1. The van der Waals surface area contributed by atoms with Gasteiger partial charge in [0.1, 0.15) is 11.6 Å². The van der Waals surface area contributed by atoms with Crippen LogP contribution in [0.3, 0.4) is 0 Å². The maximum absolute atomic E-state index is 13.0. The summed E-state index contributed by atoms with van der Waals surface area (Å²) < 4.78 is 26.0. The topological polar surface area (TPSA) is 29.1 Å². The lowest BCUT2D eigenvalue weighted by Gasteiger charge is -2.12. The van der Waals surface area contributed by atoms with Crippen LogP contribution in [-0.4, -0.2) is 11.2 Å². The predicted octanol–water partition coefficient (Wildman–Crippen LogP) is 3.44. The van der Waals surface area contributed by atoms with Crippen LogP contribution < -0.4 is 5.32 Å². The van der Waals surface area contributed by atoms with Crippen LogP contribution in [0.15, 0.2) is 48.5 Å². The van der Waals surface area contributed by atoms with Crippen molar-refractivity contribution in [3.63, 3.8) is 0 Å². The van der Waals surface area contributed by atoms with E-state index in [1.165, 1.54) is 0 Å². The molecule has 0 spiro atoms. The lowest BCUT2D eigenvalue weighted by Crippen LogP contribution is -2.25. The fraction of sp³-hybridized carbons (Fsp3) is 0.133. The van der Waals surface area contributed by atoms with Crippen LogP contribution in [0.25, 0.3) is 0 Å². The number of anilines is 1. The Morgan fingerprint density at radius 1 is 1.10 bits per heavy atom. The number of benzene rings is 2. The summed E-state index contributed by atoms with van der Waals surface area (Å²) in [6.07, 6.45) is 0.438. The molecule has 0 aliphatic rings. The summed E-state index contributed by atoms with van der Waals surface area (Å²) in [6.45, 7) is 0. The van der Waals surface area contributed by atoms with Crippen molar-refractivity contribution >= 4 is 24.2 Å². The smallest absolute Gasteiger partial charge is 0.237 e. The van der Waals surface area contributed by atoms with Gasteiger partial charge in [-0.2, -0.15) is 12.6 Å². The first kappa shape index (κ1) is 14.5. The molecule has 1 N–H and O–H groups in total. The normalized spacial score (nSPS) is 11.9. The highest BCUT2D eigenvalue weighted by molar-refractivity contribution is 7.81. The van der Waals surface area contributed by atoms with Gasteiger partial charge in [-0.3, -0.25) is 4.79 Å². The van der Waals surface area contributed by atoms with E-state index in [2.05, 4.69) is 17.9 Å². The number of hydrogen-bond donors (Lipinski definition) is 2. The zero-order valence-electron chi connectivity index (χ0n) is 10.5. The van der Waals surface area contributed by atoms with Gasteiger partial charge in [0.25, 0.3) is 0 Å². The number of rotatable bonds is 4. The maximum Gasteiger partial charge on any atom is 0.237 e. The van der Waals surface area contributed by atoms with E-state index in [9.17, 15) is 13.6 Å². The molecule has 2 aromatic carbocycles. The first-order valence-electron chi connectivity index (χ1n) is 6.03. The summed E-state index contributed by atoms with van der Waals surface area (Å²) in [7, 11) is 0. The van der Waals surface area contributed by atoms with E-state index in [1.807, 2.05) is 30.3 Å². The van der Waals surface area contributed by atoms with Gasteiger partial charge in [-0.05, 0) is 24.1 Å². The maximum atomic E-state index is 13.0. The van der Waals surface area contributed by atoms with Crippen LogP contribution in [-0.2, 0) is 11.2 Å². The second-order valence-corrected chi connectivity index (χ2v) is 4.98. The van der Waals surface area contributed by atoms with Crippen LogP contribution in [0.5, 0.6) is 0 Å². The second kappa shape index (κ2) is 6.52. The number of halogens is 2. The van der Waals surface area contributed by atoms with Crippen LogP contribution in [0.1, 0.15) is 5.56 Å². The molecule has 0 radical (unpaired) electrons. The lowest BCUT2D eigenvalue weighted by atomic mass is 10.1. The molecule has 0 bridgehead atoms. The number of amides is 1. The Labute approximate surface area is 121 Å². The average molecular weight is 293 g/mol. The van der Waals surface area contributed by atoms with Crippen molar-refractivity contribution in [2.75, 3.05) is 5.32 Å². The van der Waals surface area contributed by atoms with E-state index in [-0.39, 0.29) is 5.69 Å². The molecule has 1 amide bonds. The predicted molar refractivity (Wildman–Crippen MR) is 77.9 cm³/mol. The molecule has 0 heterocycles. The van der Waals surface area contributed by atoms with Gasteiger partial charge in [-0.1, -0.05) is 30.3 Å². The van der Waals surface area contributed by atoms with E-state index < -0.39 is 22.8 Å². The molecular formula is C15H13F2NOS. The molecule has 1 unspecified atom stereocenters. The highest BCUT2D eigenvalue weighted by atomic mass is 32.1. The van der Waals surface area contributed by atoms with E-state index in [0.717, 1.165) is 23.8 Å². The zero-order chi connectivity index (χ0) is 14.5. The Morgan fingerprint density at radius 2 is 1.70 bits per heavy atom. The molecule has 20 heavy (non-hydrogen) atoms. The molecular weight excluding hydrogens is 280 g/mol. The van der Waals surface area contributed by atoms with Gasteiger partial charge in [0.2, 0.25) is 5.91 Å². The van der Waals surface area contributed by atoms with E-state index >= 15 is 0 Å². The van der Waals surface area contributed by atoms with Gasteiger partial charge in [-0.25, -0.2) is 8.78 Å². The number of hydrogen-bond acceptors (Lipinski definition) is 2. The molecule has 2 aromatic rings. The number of carbonyl (C=O) groups is 1. The summed E-state index contributed by atoms with van der Waals surface area (Å²) in [4.78, 5) is 11.9. The van der Waals surface area contributed by atoms with Crippen LogP contribution in [0.4, 0.5) is 14.5 Å². The van der Waals surface area contributed by atoms with Gasteiger partial charge in [0.05, 0.1) is 5.25 Å². The molecule has 2 nitrogen and oxygen atoms in total. The first-order valence-corrected chi connectivity index (χ1v) is 6.55. The Balaban J connectivity index is 2.00. The molecule has 0 aliphatic carbocycles. The third kappa shape index (κ3) is 4.06. The van der Waals surface area contributed by atoms with Crippen molar-refractivity contribution in [2.45, 2.75) is 11.7 Å². The fourth-order valence-electron chi connectivity index (χ4n) is 1.78. The third-order valence-electron chi connectivity index (χ3n) is 2.70. The monoisotopic (exact) mass is 293 g/mol. The van der Waals surface area contributed by atoms with E-state index in [0.29, 0.717) is 6.42 Å². The largest absolute Gasteiger partial charge is 0.325 e. The van der Waals surface area contributed by atoms with Crippen LogP contribution in [0, 0.1) is 11.6 Å².